The summed E-state index contributed by atoms with van der Waals surface area (Å²) < 4.78 is 10.5. The van der Waals surface area contributed by atoms with Crippen LogP contribution in [0.4, 0.5) is 0 Å². The molecular formula is C19H22O3. The van der Waals surface area contributed by atoms with Gasteiger partial charge in [0.2, 0.25) is 0 Å². The van der Waals surface area contributed by atoms with Gasteiger partial charge in [-0.2, -0.15) is 0 Å². The van der Waals surface area contributed by atoms with Crippen molar-refractivity contribution in [1.29, 1.82) is 0 Å². The molecule has 0 aliphatic carbocycles. The number of unbranched alkanes of at least 4 members (excludes halogenated alkanes) is 2. The summed E-state index contributed by atoms with van der Waals surface area (Å²) in [7, 11) is 0. The maximum Gasteiger partial charge on any atom is 0.344 e. The predicted molar refractivity (Wildman–Crippen MR) is 87.9 cm³/mol. The van der Waals surface area contributed by atoms with Crippen molar-refractivity contribution >= 4 is 5.97 Å². The Morgan fingerprint density at radius 3 is 2.27 bits per heavy atom. The molecule has 2 aromatic rings. The van der Waals surface area contributed by atoms with E-state index in [2.05, 4.69) is 19.1 Å². The average Bonchev–Trinajstić information content (AvgIpc) is 2.58. The number of ether oxygens (including phenoxy) is 2. The van der Waals surface area contributed by atoms with Crippen LogP contribution in [0.5, 0.6) is 5.75 Å². The summed E-state index contributed by atoms with van der Waals surface area (Å²) in [4.78, 5) is 11.5. The lowest BCUT2D eigenvalue weighted by molar-refractivity contribution is -0.146. The molecule has 0 unspecified atom stereocenters. The van der Waals surface area contributed by atoms with Crippen molar-refractivity contribution in [2.75, 3.05) is 13.2 Å². The molecule has 0 heterocycles. The number of carbonyl (C=O) groups is 1. The van der Waals surface area contributed by atoms with Crippen molar-refractivity contribution in [3.8, 4) is 16.9 Å². The second-order valence-electron chi connectivity index (χ2n) is 5.11. The third-order valence-electron chi connectivity index (χ3n) is 3.33. The monoisotopic (exact) mass is 298 g/mol. The van der Waals surface area contributed by atoms with Gasteiger partial charge in [0.1, 0.15) is 5.75 Å². The molecule has 0 atom stereocenters. The minimum Gasteiger partial charge on any atom is -0.482 e. The van der Waals surface area contributed by atoms with Crippen molar-refractivity contribution in [3.63, 3.8) is 0 Å². The summed E-state index contributed by atoms with van der Waals surface area (Å²) in [6.45, 7) is 2.55. The van der Waals surface area contributed by atoms with Crippen LogP contribution in [0.1, 0.15) is 26.2 Å². The highest BCUT2D eigenvalue weighted by atomic mass is 16.6. The summed E-state index contributed by atoms with van der Waals surface area (Å²) in [6, 6.07) is 17.8. The predicted octanol–water partition coefficient (Wildman–Crippen LogP) is 4.47. The number of rotatable bonds is 8. The van der Waals surface area contributed by atoms with Gasteiger partial charge in [-0.3, -0.25) is 0 Å². The molecule has 0 bridgehead atoms. The van der Waals surface area contributed by atoms with Gasteiger partial charge in [0.05, 0.1) is 6.61 Å². The van der Waals surface area contributed by atoms with E-state index in [1.807, 2.05) is 42.5 Å². The molecule has 0 aliphatic rings. The normalized spacial score (nSPS) is 10.2. The van der Waals surface area contributed by atoms with E-state index in [4.69, 9.17) is 9.47 Å². The largest absolute Gasteiger partial charge is 0.482 e. The molecule has 2 aromatic carbocycles. The first kappa shape index (κ1) is 16.1. The summed E-state index contributed by atoms with van der Waals surface area (Å²) >= 11 is 0. The van der Waals surface area contributed by atoms with E-state index in [0.717, 1.165) is 30.4 Å². The molecular weight excluding hydrogens is 276 g/mol. The Kier molecular flexibility index (Phi) is 6.49. The van der Waals surface area contributed by atoms with E-state index in [1.54, 1.807) is 0 Å². The van der Waals surface area contributed by atoms with E-state index in [-0.39, 0.29) is 12.6 Å². The molecule has 2 rings (SSSR count). The van der Waals surface area contributed by atoms with Crippen LogP contribution < -0.4 is 4.74 Å². The molecule has 0 radical (unpaired) electrons. The smallest absolute Gasteiger partial charge is 0.344 e. The molecule has 0 aliphatic heterocycles. The Labute approximate surface area is 131 Å². The van der Waals surface area contributed by atoms with Crippen LogP contribution in [0.25, 0.3) is 11.1 Å². The first-order chi connectivity index (χ1) is 10.8. The maximum atomic E-state index is 11.5. The zero-order valence-corrected chi connectivity index (χ0v) is 13.0. The van der Waals surface area contributed by atoms with Gasteiger partial charge in [-0.1, -0.05) is 62.2 Å². The van der Waals surface area contributed by atoms with Crippen molar-refractivity contribution in [3.05, 3.63) is 54.6 Å². The Balaban J connectivity index is 1.78. The number of hydrogen-bond donors (Lipinski definition) is 0. The molecule has 0 N–H and O–H groups in total. The quantitative estimate of drug-likeness (QED) is 0.533. The highest BCUT2D eigenvalue weighted by Gasteiger charge is 2.04. The molecule has 0 saturated heterocycles. The fraction of sp³-hybridized carbons (Fsp3) is 0.316. The molecule has 0 amide bonds. The third kappa shape index (κ3) is 5.24. The van der Waals surface area contributed by atoms with Gasteiger partial charge in [-0.15, -0.1) is 0 Å². The topological polar surface area (TPSA) is 35.5 Å². The van der Waals surface area contributed by atoms with Crippen LogP contribution in [-0.2, 0) is 9.53 Å². The summed E-state index contributed by atoms with van der Waals surface area (Å²) in [5.74, 6) is 0.355. The second kappa shape index (κ2) is 8.88. The lowest BCUT2D eigenvalue weighted by atomic mass is 10.1. The van der Waals surface area contributed by atoms with E-state index in [0.29, 0.717) is 12.4 Å². The SMILES string of the molecule is CCCCCOC(=O)COc1ccc(-c2ccccc2)cc1. The Morgan fingerprint density at radius 1 is 0.909 bits per heavy atom. The van der Waals surface area contributed by atoms with Gasteiger partial charge in [0, 0.05) is 0 Å². The standard InChI is InChI=1S/C19H22O3/c1-2-3-7-14-21-19(20)15-22-18-12-10-17(11-13-18)16-8-5-4-6-9-16/h4-6,8-13H,2-3,7,14-15H2,1H3. The van der Waals surface area contributed by atoms with E-state index < -0.39 is 0 Å². The summed E-state index contributed by atoms with van der Waals surface area (Å²) in [5.41, 5.74) is 2.28. The van der Waals surface area contributed by atoms with Crippen LogP contribution in [0.2, 0.25) is 0 Å². The molecule has 116 valence electrons. The number of benzene rings is 2. The number of carbonyl (C=O) groups excluding carboxylic acids is 1. The van der Waals surface area contributed by atoms with Crippen molar-refractivity contribution < 1.29 is 14.3 Å². The average molecular weight is 298 g/mol. The molecule has 0 spiro atoms. The Hall–Kier alpha value is -2.29. The van der Waals surface area contributed by atoms with Crippen molar-refractivity contribution in [1.82, 2.24) is 0 Å². The Morgan fingerprint density at radius 2 is 1.59 bits per heavy atom. The van der Waals surface area contributed by atoms with Crippen molar-refractivity contribution in [2.45, 2.75) is 26.2 Å². The first-order valence-corrected chi connectivity index (χ1v) is 7.73. The Bertz CT molecular complexity index is 561. The minimum absolute atomic E-state index is 0.0448. The van der Waals surface area contributed by atoms with Gasteiger partial charge < -0.3 is 9.47 Å². The summed E-state index contributed by atoms with van der Waals surface area (Å²) in [5, 5.41) is 0. The molecule has 0 saturated carbocycles. The van der Waals surface area contributed by atoms with Gasteiger partial charge >= 0.3 is 5.97 Å². The third-order valence-corrected chi connectivity index (χ3v) is 3.33. The van der Waals surface area contributed by atoms with Gasteiger partial charge in [-0.05, 0) is 29.7 Å². The molecule has 0 fully saturated rings. The molecule has 0 aromatic heterocycles. The number of hydrogen-bond acceptors (Lipinski definition) is 3. The second-order valence-corrected chi connectivity index (χ2v) is 5.11. The highest BCUT2D eigenvalue weighted by molar-refractivity contribution is 5.71. The maximum absolute atomic E-state index is 11.5. The summed E-state index contributed by atoms with van der Waals surface area (Å²) in [6.07, 6.45) is 3.10. The zero-order valence-electron chi connectivity index (χ0n) is 13.0. The first-order valence-electron chi connectivity index (χ1n) is 7.73. The van der Waals surface area contributed by atoms with Crippen molar-refractivity contribution in [2.24, 2.45) is 0 Å². The molecule has 3 heteroatoms. The molecule has 3 nitrogen and oxygen atoms in total. The lowest BCUT2D eigenvalue weighted by Crippen LogP contribution is -2.15. The van der Waals surface area contributed by atoms with E-state index >= 15 is 0 Å². The minimum atomic E-state index is -0.316. The fourth-order valence-electron chi connectivity index (χ4n) is 2.10. The van der Waals surface area contributed by atoms with Crippen LogP contribution in [0.3, 0.4) is 0 Å². The van der Waals surface area contributed by atoms with Crippen LogP contribution in [0, 0.1) is 0 Å². The van der Waals surface area contributed by atoms with Gasteiger partial charge in [-0.25, -0.2) is 4.79 Å². The van der Waals surface area contributed by atoms with E-state index in [1.165, 1.54) is 0 Å². The fourth-order valence-corrected chi connectivity index (χ4v) is 2.10. The van der Waals surface area contributed by atoms with Crippen LogP contribution in [0.15, 0.2) is 54.6 Å². The van der Waals surface area contributed by atoms with Gasteiger partial charge in [0.15, 0.2) is 6.61 Å². The highest BCUT2D eigenvalue weighted by Crippen LogP contribution is 2.21. The van der Waals surface area contributed by atoms with Gasteiger partial charge in [0.25, 0.3) is 0 Å². The lowest BCUT2D eigenvalue weighted by Gasteiger charge is -2.08. The molecule has 22 heavy (non-hydrogen) atoms. The number of esters is 1. The van der Waals surface area contributed by atoms with Crippen LogP contribution >= 0.6 is 0 Å². The van der Waals surface area contributed by atoms with Crippen LogP contribution in [-0.4, -0.2) is 19.2 Å². The van der Waals surface area contributed by atoms with E-state index in [9.17, 15) is 4.79 Å². The zero-order chi connectivity index (χ0) is 15.6.